The topological polar surface area (TPSA) is 33.1 Å². The van der Waals surface area contributed by atoms with Crippen molar-refractivity contribution >= 4 is 0 Å². The average molecular weight is 239 g/mol. The van der Waals surface area contributed by atoms with Crippen LogP contribution in [0.4, 0.5) is 13.2 Å². The first-order chi connectivity index (χ1) is 7.98. The Bertz CT molecular complexity index is 523. The van der Waals surface area contributed by atoms with Crippen LogP contribution in [0.2, 0.25) is 0 Å². The van der Waals surface area contributed by atoms with Gasteiger partial charge in [0.1, 0.15) is 5.75 Å². The molecule has 1 aromatic carbocycles. The van der Waals surface area contributed by atoms with E-state index in [1.54, 1.807) is 18.2 Å². The summed E-state index contributed by atoms with van der Waals surface area (Å²) in [5.74, 6) is -0.432. The molecule has 0 amide bonds. The Kier molecular flexibility index (Phi) is 2.75. The zero-order chi connectivity index (χ0) is 12.5. The number of aromatic hydroxyl groups is 1. The number of hydrogen-bond donors (Lipinski definition) is 1. The van der Waals surface area contributed by atoms with Gasteiger partial charge in [-0.2, -0.15) is 13.2 Å². The van der Waals surface area contributed by atoms with Gasteiger partial charge in [0.15, 0.2) is 0 Å². The smallest absolute Gasteiger partial charge is 0.416 e. The fraction of sp³-hybridized carbons (Fsp3) is 0.0833. The molecule has 17 heavy (non-hydrogen) atoms. The summed E-state index contributed by atoms with van der Waals surface area (Å²) in [5.41, 5.74) is -0.174. The quantitative estimate of drug-likeness (QED) is 0.826. The molecule has 0 saturated carbocycles. The standard InChI is InChI=1S/C12H8F3NO/c13-12(14,15)8-4-5-9(11(17)7-8)10-3-1-2-6-16-10/h1-7,17H. The molecule has 2 aromatic rings. The lowest BCUT2D eigenvalue weighted by atomic mass is 10.1. The van der Waals surface area contributed by atoms with Gasteiger partial charge in [-0.05, 0) is 30.3 Å². The molecule has 2 nitrogen and oxygen atoms in total. The van der Waals surface area contributed by atoms with Gasteiger partial charge >= 0.3 is 6.18 Å². The number of halogens is 3. The summed E-state index contributed by atoms with van der Waals surface area (Å²) in [5, 5.41) is 9.57. The summed E-state index contributed by atoms with van der Waals surface area (Å²) in [4.78, 5) is 3.96. The Morgan fingerprint density at radius 1 is 1.06 bits per heavy atom. The monoisotopic (exact) mass is 239 g/mol. The number of rotatable bonds is 1. The van der Waals surface area contributed by atoms with Crippen molar-refractivity contribution in [3.8, 4) is 17.0 Å². The number of phenolic OH excluding ortho intramolecular Hbond substituents is 1. The minimum absolute atomic E-state index is 0.276. The third-order valence-corrected chi connectivity index (χ3v) is 2.27. The largest absolute Gasteiger partial charge is 0.507 e. The van der Waals surface area contributed by atoms with Gasteiger partial charge in [-0.1, -0.05) is 6.07 Å². The molecule has 0 spiro atoms. The van der Waals surface area contributed by atoms with E-state index in [4.69, 9.17) is 0 Å². The molecule has 88 valence electrons. The number of phenols is 1. The molecule has 0 fully saturated rings. The van der Waals surface area contributed by atoms with Crippen LogP contribution in [-0.4, -0.2) is 10.1 Å². The fourth-order valence-electron chi connectivity index (χ4n) is 1.45. The molecule has 0 aliphatic heterocycles. The molecule has 0 atom stereocenters. The first-order valence-electron chi connectivity index (χ1n) is 4.80. The van der Waals surface area contributed by atoms with Gasteiger partial charge in [0.2, 0.25) is 0 Å². The molecule has 0 aliphatic rings. The number of nitrogens with zero attached hydrogens (tertiary/aromatic N) is 1. The van der Waals surface area contributed by atoms with Crippen LogP contribution in [-0.2, 0) is 6.18 Å². The van der Waals surface area contributed by atoms with Crippen LogP contribution in [0.1, 0.15) is 5.56 Å². The van der Waals surface area contributed by atoms with Gasteiger partial charge in [0, 0.05) is 11.8 Å². The highest BCUT2D eigenvalue weighted by atomic mass is 19.4. The summed E-state index contributed by atoms with van der Waals surface area (Å²) in [7, 11) is 0. The summed E-state index contributed by atoms with van der Waals surface area (Å²) >= 11 is 0. The van der Waals surface area contributed by atoms with Crippen LogP contribution in [0.25, 0.3) is 11.3 Å². The summed E-state index contributed by atoms with van der Waals surface area (Å²) in [6.07, 6.45) is -2.95. The zero-order valence-corrected chi connectivity index (χ0v) is 8.57. The molecule has 1 heterocycles. The van der Waals surface area contributed by atoms with Crippen molar-refractivity contribution in [1.29, 1.82) is 0 Å². The highest BCUT2D eigenvalue weighted by molar-refractivity contribution is 5.67. The molecular weight excluding hydrogens is 231 g/mol. The van der Waals surface area contributed by atoms with Crippen molar-refractivity contribution in [2.24, 2.45) is 0 Å². The van der Waals surface area contributed by atoms with Crippen molar-refractivity contribution in [1.82, 2.24) is 4.98 Å². The predicted molar refractivity (Wildman–Crippen MR) is 56.3 cm³/mol. The van der Waals surface area contributed by atoms with E-state index < -0.39 is 17.5 Å². The van der Waals surface area contributed by atoms with Crippen molar-refractivity contribution < 1.29 is 18.3 Å². The van der Waals surface area contributed by atoms with Gasteiger partial charge in [-0.15, -0.1) is 0 Å². The maximum absolute atomic E-state index is 12.4. The lowest BCUT2D eigenvalue weighted by Gasteiger charge is -2.09. The molecule has 0 bridgehead atoms. The van der Waals surface area contributed by atoms with E-state index in [9.17, 15) is 18.3 Å². The minimum atomic E-state index is -4.46. The maximum atomic E-state index is 12.4. The highest BCUT2D eigenvalue weighted by Gasteiger charge is 2.31. The zero-order valence-electron chi connectivity index (χ0n) is 8.57. The van der Waals surface area contributed by atoms with Crippen LogP contribution >= 0.6 is 0 Å². The normalized spacial score (nSPS) is 11.5. The second-order valence-corrected chi connectivity index (χ2v) is 3.44. The van der Waals surface area contributed by atoms with Crippen LogP contribution < -0.4 is 0 Å². The van der Waals surface area contributed by atoms with Crippen molar-refractivity contribution in [2.75, 3.05) is 0 Å². The number of benzene rings is 1. The van der Waals surface area contributed by atoms with Gasteiger partial charge in [0.25, 0.3) is 0 Å². The molecule has 0 radical (unpaired) electrons. The molecule has 0 unspecified atom stereocenters. The van der Waals surface area contributed by atoms with E-state index in [0.717, 1.165) is 6.07 Å². The average Bonchev–Trinajstić information content (AvgIpc) is 2.29. The third-order valence-electron chi connectivity index (χ3n) is 2.27. The summed E-state index contributed by atoms with van der Waals surface area (Å²) in [6.45, 7) is 0. The number of alkyl halides is 3. The molecule has 1 N–H and O–H groups in total. The number of aromatic nitrogens is 1. The Hall–Kier alpha value is -2.04. The molecular formula is C12H8F3NO. The summed E-state index contributed by atoms with van der Waals surface area (Å²) in [6, 6.07) is 7.82. The van der Waals surface area contributed by atoms with Crippen molar-refractivity contribution in [3.05, 3.63) is 48.2 Å². The maximum Gasteiger partial charge on any atom is 0.416 e. The Morgan fingerprint density at radius 3 is 2.35 bits per heavy atom. The number of hydrogen-bond acceptors (Lipinski definition) is 2. The van der Waals surface area contributed by atoms with Crippen LogP contribution in [0.15, 0.2) is 42.6 Å². The van der Waals surface area contributed by atoms with E-state index in [1.807, 2.05) is 0 Å². The van der Waals surface area contributed by atoms with E-state index in [-0.39, 0.29) is 5.56 Å². The second-order valence-electron chi connectivity index (χ2n) is 3.44. The van der Waals surface area contributed by atoms with E-state index in [2.05, 4.69) is 4.98 Å². The first kappa shape index (κ1) is 11.4. The molecule has 1 aromatic heterocycles. The molecule has 0 saturated heterocycles. The second kappa shape index (κ2) is 4.08. The molecule has 0 aliphatic carbocycles. The number of pyridine rings is 1. The van der Waals surface area contributed by atoms with E-state index >= 15 is 0 Å². The van der Waals surface area contributed by atoms with Crippen molar-refractivity contribution in [3.63, 3.8) is 0 Å². The van der Waals surface area contributed by atoms with E-state index in [0.29, 0.717) is 11.8 Å². The Balaban J connectivity index is 2.46. The first-order valence-corrected chi connectivity index (χ1v) is 4.80. The highest BCUT2D eigenvalue weighted by Crippen LogP contribution is 2.35. The van der Waals surface area contributed by atoms with Crippen molar-refractivity contribution in [2.45, 2.75) is 6.18 Å². The predicted octanol–water partition coefficient (Wildman–Crippen LogP) is 3.47. The van der Waals surface area contributed by atoms with Gasteiger partial charge < -0.3 is 5.11 Å². The minimum Gasteiger partial charge on any atom is -0.507 e. The van der Waals surface area contributed by atoms with Crippen LogP contribution in [0, 0.1) is 0 Å². The van der Waals surface area contributed by atoms with E-state index in [1.165, 1.54) is 12.3 Å². The lowest BCUT2D eigenvalue weighted by Crippen LogP contribution is -2.04. The molecule has 5 heteroatoms. The van der Waals surface area contributed by atoms with Gasteiger partial charge in [-0.3, -0.25) is 4.98 Å². The SMILES string of the molecule is Oc1cc(C(F)(F)F)ccc1-c1ccccn1. The Labute approximate surface area is 95.4 Å². The Morgan fingerprint density at radius 2 is 1.82 bits per heavy atom. The van der Waals surface area contributed by atoms with Crippen LogP contribution in [0.3, 0.4) is 0 Å². The lowest BCUT2D eigenvalue weighted by molar-refractivity contribution is -0.137. The fourth-order valence-corrected chi connectivity index (χ4v) is 1.45. The summed E-state index contributed by atoms with van der Waals surface area (Å²) < 4.78 is 37.1. The van der Waals surface area contributed by atoms with Gasteiger partial charge in [-0.25, -0.2) is 0 Å². The van der Waals surface area contributed by atoms with Crippen LogP contribution in [0.5, 0.6) is 5.75 Å². The third kappa shape index (κ3) is 2.38. The molecule has 2 rings (SSSR count). The van der Waals surface area contributed by atoms with Gasteiger partial charge in [0.05, 0.1) is 11.3 Å².